The van der Waals surface area contributed by atoms with E-state index in [9.17, 15) is 9.90 Å². The molecule has 1 aliphatic carbocycles. The molecular weight excluding hydrogens is 507 g/mol. The van der Waals surface area contributed by atoms with Crippen LogP contribution in [-0.4, -0.2) is 40.2 Å². The van der Waals surface area contributed by atoms with Gasteiger partial charge in [-0.1, -0.05) is 43.7 Å². The molecule has 1 saturated heterocycles. The second kappa shape index (κ2) is 10.8. The Balaban J connectivity index is 1.32. The van der Waals surface area contributed by atoms with Crippen LogP contribution in [0.15, 0.2) is 48.7 Å². The molecule has 1 unspecified atom stereocenters. The summed E-state index contributed by atoms with van der Waals surface area (Å²) in [5.41, 5.74) is 5.96. The lowest BCUT2D eigenvalue weighted by Crippen LogP contribution is -2.40. The van der Waals surface area contributed by atoms with Gasteiger partial charge in [0.1, 0.15) is 17.7 Å². The molecule has 1 N–H and O–H groups in total. The van der Waals surface area contributed by atoms with Crippen LogP contribution in [-0.2, 0) is 24.2 Å². The smallest absolute Gasteiger partial charge is 0.306 e. The number of carboxylic acid groups (broad SMARTS) is 1. The fourth-order valence-corrected chi connectivity index (χ4v) is 6.48. The van der Waals surface area contributed by atoms with Crippen molar-refractivity contribution in [1.82, 2.24) is 9.88 Å². The van der Waals surface area contributed by atoms with E-state index in [4.69, 9.17) is 9.47 Å². The van der Waals surface area contributed by atoms with Crippen molar-refractivity contribution in [3.8, 4) is 22.8 Å². The number of methoxy groups -OCH3 is 1. The number of hydrogen-bond donors (Lipinski definition) is 1. The van der Waals surface area contributed by atoms with E-state index in [-0.39, 0.29) is 11.9 Å². The van der Waals surface area contributed by atoms with Gasteiger partial charge < -0.3 is 14.6 Å². The molecule has 3 aliphatic rings. The number of aromatic nitrogens is 1. The molecule has 3 heterocycles. The first-order valence-corrected chi connectivity index (χ1v) is 14.4. The second-order valence-corrected chi connectivity index (χ2v) is 11.8. The highest BCUT2D eigenvalue weighted by molar-refractivity contribution is 5.70. The van der Waals surface area contributed by atoms with Crippen molar-refractivity contribution in [3.05, 3.63) is 76.7 Å². The molecule has 3 aromatic rings. The van der Waals surface area contributed by atoms with Crippen LogP contribution in [0.1, 0.15) is 73.8 Å². The minimum Gasteiger partial charge on any atom is -0.485 e. The van der Waals surface area contributed by atoms with Gasteiger partial charge in [0.25, 0.3) is 0 Å². The third-order valence-corrected chi connectivity index (χ3v) is 9.05. The predicted molar refractivity (Wildman–Crippen MR) is 151 cm³/mol. The lowest BCUT2D eigenvalue weighted by atomic mass is 9.90. The van der Waals surface area contributed by atoms with Crippen molar-refractivity contribution < 1.29 is 23.8 Å². The number of fused-ring (bicyclic) bond motifs is 1. The fraction of sp³-hybridized carbons (Fsp3) is 0.455. The van der Waals surface area contributed by atoms with Crippen LogP contribution in [0.5, 0.6) is 11.6 Å². The lowest BCUT2D eigenvalue weighted by Gasteiger charge is -2.37. The molecule has 7 heteroatoms. The molecule has 2 fully saturated rings. The number of pyridine rings is 1. The van der Waals surface area contributed by atoms with Crippen LogP contribution in [0.2, 0.25) is 0 Å². The number of carboxylic acids is 1. The van der Waals surface area contributed by atoms with E-state index in [1.807, 2.05) is 18.2 Å². The fourth-order valence-electron chi connectivity index (χ4n) is 6.48. The van der Waals surface area contributed by atoms with E-state index < -0.39 is 11.9 Å². The van der Waals surface area contributed by atoms with Gasteiger partial charge in [-0.05, 0) is 85.4 Å². The Kier molecular flexibility index (Phi) is 7.26. The zero-order valence-electron chi connectivity index (χ0n) is 23.3. The molecule has 0 bridgehead atoms. The summed E-state index contributed by atoms with van der Waals surface area (Å²) in [6, 6.07) is 14.0. The largest absolute Gasteiger partial charge is 0.485 e. The quantitative estimate of drug-likeness (QED) is 0.339. The number of nitrogens with zero attached hydrogens (tertiary/aromatic N) is 2. The molecule has 2 atom stereocenters. The zero-order chi connectivity index (χ0) is 27.9. The third-order valence-electron chi connectivity index (χ3n) is 9.05. The van der Waals surface area contributed by atoms with Gasteiger partial charge in [0, 0.05) is 23.7 Å². The average Bonchev–Trinajstić information content (AvgIpc) is 3.74. The topological polar surface area (TPSA) is 71.9 Å². The summed E-state index contributed by atoms with van der Waals surface area (Å²) < 4.78 is 27.0. The maximum Gasteiger partial charge on any atom is 0.306 e. The van der Waals surface area contributed by atoms with Crippen molar-refractivity contribution in [3.63, 3.8) is 0 Å². The maximum absolute atomic E-state index is 15.1. The van der Waals surface area contributed by atoms with Gasteiger partial charge in [-0.25, -0.2) is 9.37 Å². The number of aryl methyl sites for hydroxylation is 1. The lowest BCUT2D eigenvalue weighted by molar-refractivity contribution is -0.141. The first-order chi connectivity index (χ1) is 19.3. The van der Waals surface area contributed by atoms with Crippen molar-refractivity contribution in [2.24, 2.45) is 5.92 Å². The van der Waals surface area contributed by atoms with Crippen LogP contribution >= 0.6 is 0 Å². The molecule has 6 rings (SSSR count). The van der Waals surface area contributed by atoms with Crippen LogP contribution < -0.4 is 9.47 Å². The van der Waals surface area contributed by atoms with Crippen molar-refractivity contribution in [1.29, 1.82) is 0 Å². The highest BCUT2D eigenvalue weighted by atomic mass is 19.1. The highest BCUT2D eigenvalue weighted by Crippen LogP contribution is 2.49. The molecule has 2 aliphatic heterocycles. The van der Waals surface area contributed by atoms with Crippen LogP contribution in [0.4, 0.5) is 4.39 Å². The van der Waals surface area contributed by atoms with Crippen LogP contribution in [0, 0.1) is 11.7 Å². The highest BCUT2D eigenvalue weighted by Gasteiger charge is 2.48. The SMILES string of the molecule is COc1cc(-c2ccc(C3CCc4ccc(C[C@H](C)C(=O)O)cc4O3)cc2CN2CCCCC23CC3)c(F)cn1. The number of piperidine rings is 1. The molecule has 1 aromatic heterocycles. The number of aliphatic carboxylic acids is 1. The molecule has 1 spiro atoms. The number of benzene rings is 2. The van der Waals surface area contributed by atoms with Gasteiger partial charge in [-0.2, -0.15) is 0 Å². The maximum atomic E-state index is 15.1. The summed E-state index contributed by atoms with van der Waals surface area (Å²) in [6.07, 6.45) is 9.51. The van der Waals surface area contributed by atoms with E-state index in [1.54, 1.807) is 20.1 Å². The Bertz CT molecular complexity index is 1420. The molecule has 40 heavy (non-hydrogen) atoms. The van der Waals surface area contributed by atoms with Crippen molar-refractivity contribution >= 4 is 5.97 Å². The molecule has 2 aromatic carbocycles. The Hall–Kier alpha value is -3.45. The summed E-state index contributed by atoms with van der Waals surface area (Å²) in [5, 5.41) is 9.33. The number of rotatable bonds is 8. The number of hydrogen-bond acceptors (Lipinski definition) is 5. The second-order valence-electron chi connectivity index (χ2n) is 11.8. The summed E-state index contributed by atoms with van der Waals surface area (Å²) in [4.78, 5) is 18.0. The summed E-state index contributed by atoms with van der Waals surface area (Å²) in [6.45, 7) is 3.56. The van der Waals surface area contributed by atoms with Gasteiger partial charge in [0.05, 0.1) is 19.2 Å². The van der Waals surface area contributed by atoms with E-state index in [0.717, 1.165) is 59.5 Å². The molecule has 0 amide bonds. The molecule has 1 saturated carbocycles. The third kappa shape index (κ3) is 5.31. The first kappa shape index (κ1) is 26.8. The minimum absolute atomic E-state index is 0.125. The number of likely N-dealkylation sites (tertiary alicyclic amines) is 1. The monoisotopic (exact) mass is 544 g/mol. The average molecular weight is 545 g/mol. The van der Waals surface area contributed by atoms with Crippen LogP contribution in [0.3, 0.4) is 0 Å². The van der Waals surface area contributed by atoms with Crippen LogP contribution in [0.25, 0.3) is 11.1 Å². The van der Waals surface area contributed by atoms with Crippen molar-refractivity contribution in [2.45, 2.75) is 76.5 Å². The Morgan fingerprint density at radius 3 is 2.80 bits per heavy atom. The molecule has 210 valence electrons. The van der Waals surface area contributed by atoms with Crippen molar-refractivity contribution in [2.75, 3.05) is 13.7 Å². The minimum atomic E-state index is -0.797. The summed E-state index contributed by atoms with van der Waals surface area (Å²) >= 11 is 0. The van der Waals surface area contributed by atoms with Gasteiger partial charge >= 0.3 is 5.97 Å². The first-order valence-electron chi connectivity index (χ1n) is 14.4. The van der Waals surface area contributed by atoms with E-state index in [0.29, 0.717) is 23.4 Å². The van der Waals surface area contributed by atoms with Gasteiger partial charge in [0.15, 0.2) is 0 Å². The molecule has 6 nitrogen and oxygen atoms in total. The Morgan fingerprint density at radius 1 is 1.18 bits per heavy atom. The zero-order valence-corrected chi connectivity index (χ0v) is 23.3. The Morgan fingerprint density at radius 2 is 2.02 bits per heavy atom. The molecular formula is C33H37FN2O4. The normalized spacial score (nSPS) is 20.4. The number of halogens is 1. The molecule has 0 radical (unpaired) electrons. The van der Waals surface area contributed by atoms with E-state index in [2.05, 4.69) is 28.1 Å². The predicted octanol–water partition coefficient (Wildman–Crippen LogP) is 6.74. The standard InChI is InChI=1S/C33H37FN2O4/c1-21(32(37)38)15-22-5-6-23-8-10-29(40-30(23)16-22)24-7-9-26(27-18-31(39-2)35-19-28(27)34)25(17-24)20-36-14-4-3-11-33(36)12-13-33/h5-7,9,16-19,21,29H,3-4,8,10-15,20H2,1-2H3,(H,37,38)/t21-,29?/m0/s1. The number of ether oxygens (including phenoxy) is 2. The Labute approximate surface area is 235 Å². The van der Waals surface area contributed by atoms with Gasteiger partial charge in [-0.15, -0.1) is 0 Å². The summed E-state index contributed by atoms with van der Waals surface area (Å²) in [5.74, 6) is -0.392. The van der Waals surface area contributed by atoms with E-state index in [1.165, 1.54) is 38.3 Å². The summed E-state index contributed by atoms with van der Waals surface area (Å²) in [7, 11) is 1.55. The van der Waals surface area contributed by atoms with Gasteiger partial charge in [-0.3, -0.25) is 9.69 Å². The van der Waals surface area contributed by atoms with Gasteiger partial charge in [0.2, 0.25) is 5.88 Å². The number of carbonyl (C=O) groups is 1. The van der Waals surface area contributed by atoms with E-state index >= 15 is 4.39 Å².